The highest BCUT2D eigenvalue weighted by molar-refractivity contribution is 8.01. The van der Waals surface area contributed by atoms with Crippen LogP contribution < -0.4 is 11.1 Å². The molecule has 0 radical (unpaired) electrons. The number of carbonyl (C=O) groups excluding carboxylic acids is 2. The summed E-state index contributed by atoms with van der Waals surface area (Å²) in [5.74, 6) is -3.22. The summed E-state index contributed by atoms with van der Waals surface area (Å²) in [4.78, 5) is 49.4. The van der Waals surface area contributed by atoms with Gasteiger partial charge in [0, 0.05) is 11.5 Å². The first kappa shape index (κ1) is 25.7. The van der Waals surface area contributed by atoms with Gasteiger partial charge in [-0.05, 0) is 16.7 Å². The van der Waals surface area contributed by atoms with Gasteiger partial charge in [-0.15, -0.1) is 22.0 Å². The molecule has 190 valence electrons. The van der Waals surface area contributed by atoms with Gasteiger partial charge in [-0.25, -0.2) is 4.79 Å². The number of carboxylic acids is 2. The van der Waals surface area contributed by atoms with E-state index in [0.29, 0.717) is 16.7 Å². The average molecular weight is 536 g/mol. The zero-order valence-electron chi connectivity index (χ0n) is 18.5. The Balaban J connectivity index is 1.41. The molecule has 3 atom stereocenters. The van der Waals surface area contributed by atoms with Crippen LogP contribution in [0.4, 0.5) is 0 Å². The third-order valence-corrected chi connectivity index (χ3v) is 7.72. The van der Waals surface area contributed by atoms with Crippen LogP contribution in [0.25, 0.3) is 0 Å². The first-order chi connectivity index (χ1) is 17.2. The fourth-order valence-electron chi connectivity index (χ4n) is 3.67. The van der Waals surface area contributed by atoms with Crippen LogP contribution in [0.5, 0.6) is 0 Å². The first-order valence-electron chi connectivity index (χ1n) is 10.5. The van der Waals surface area contributed by atoms with Crippen molar-refractivity contribution < 1.29 is 38.9 Å². The van der Waals surface area contributed by atoms with E-state index in [9.17, 15) is 24.3 Å². The molecule has 0 aliphatic carbocycles. The highest BCUT2D eigenvalue weighted by Crippen LogP contribution is 2.41. The molecule has 36 heavy (non-hydrogen) atoms. The summed E-state index contributed by atoms with van der Waals surface area (Å²) < 4.78 is 5.23. The van der Waals surface area contributed by atoms with Crippen LogP contribution in [-0.4, -0.2) is 77.1 Å². The minimum atomic E-state index is -1.29. The second-order valence-electron chi connectivity index (χ2n) is 7.85. The monoisotopic (exact) mass is 535 g/mol. The molecule has 2 aliphatic rings. The smallest absolute Gasteiger partial charge is 0.352 e. The number of amides is 2. The van der Waals surface area contributed by atoms with Gasteiger partial charge in [0.25, 0.3) is 11.1 Å². The molecule has 1 saturated heterocycles. The number of aliphatic carboxylic acids is 2. The van der Waals surface area contributed by atoms with Crippen molar-refractivity contribution >= 4 is 47.3 Å². The Hall–Kier alpha value is -3.40. The number of hydrogen-bond donors (Lipinski definition) is 5. The molecule has 1 aromatic carbocycles. The van der Waals surface area contributed by atoms with E-state index in [1.165, 1.54) is 11.8 Å². The minimum absolute atomic E-state index is 0.0745. The van der Waals surface area contributed by atoms with Gasteiger partial charge in [0.15, 0.2) is 0 Å². The predicted octanol–water partition coefficient (Wildman–Crippen LogP) is -0.280. The number of nitrogens with zero attached hydrogens (tertiary/aromatic N) is 3. The van der Waals surface area contributed by atoms with Gasteiger partial charge in [0.1, 0.15) is 29.6 Å². The Bertz CT molecular complexity index is 1230. The maximum absolute atomic E-state index is 12.8. The summed E-state index contributed by atoms with van der Waals surface area (Å²) in [6.07, 6.45) is -0.429. The summed E-state index contributed by atoms with van der Waals surface area (Å²) in [7, 11) is 0. The topological polar surface area (TPSA) is 209 Å². The molecule has 2 amide bonds. The molecule has 2 aromatic rings. The lowest BCUT2D eigenvalue weighted by molar-refractivity contribution is -0.150. The Labute approximate surface area is 212 Å². The molecular weight excluding hydrogens is 514 g/mol. The summed E-state index contributed by atoms with van der Waals surface area (Å²) in [5, 5.41) is 37.2. The lowest BCUT2D eigenvalue weighted by atomic mass is 10.0. The average Bonchev–Trinajstić information content (AvgIpc) is 3.31. The number of aliphatic hydroxyl groups is 1. The molecule has 0 spiro atoms. The van der Waals surface area contributed by atoms with Gasteiger partial charge in [-0.2, -0.15) is 0 Å². The van der Waals surface area contributed by atoms with E-state index in [1.807, 2.05) is 0 Å². The number of hydrogen-bond acceptors (Lipinski definition) is 11. The highest BCUT2D eigenvalue weighted by atomic mass is 32.2. The third kappa shape index (κ3) is 5.23. The van der Waals surface area contributed by atoms with Gasteiger partial charge in [-0.3, -0.25) is 19.3 Å². The van der Waals surface area contributed by atoms with Crippen molar-refractivity contribution in [3.8, 4) is 0 Å². The molecule has 0 bridgehead atoms. The molecule has 6 N–H and O–H groups in total. The number of nitrogens with one attached hydrogen (secondary N) is 1. The van der Waals surface area contributed by atoms with Gasteiger partial charge in [-0.1, -0.05) is 36.0 Å². The Morgan fingerprint density at radius 3 is 2.61 bits per heavy atom. The second kappa shape index (κ2) is 10.7. The Kier molecular flexibility index (Phi) is 7.63. The predicted molar refractivity (Wildman–Crippen MR) is 125 cm³/mol. The first-order valence-corrected chi connectivity index (χ1v) is 12.6. The molecular formula is C21H21N5O8S2. The molecule has 13 nitrogen and oxygen atoms in total. The summed E-state index contributed by atoms with van der Waals surface area (Å²) in [6, 6.07) is 4.53. The van der Waals surface area contributed by atoms with Crippen molar-refractivity contribution in [2.24, 2.45) is 5.73 Å². The molecule has 15 heteroatoms. The van der Waals surface area contributed by atoms with Gasteiger partial charge >= 0.3 is 11.9 Å². The number of aromatic nitrogens is 2. The fraction of sp³-hybridized carbons (Fsp3) is 0.333. The number of thioether (sulfide) groups is 2. The third-order valence-electron chi connectivity index (χ3n) is 5.47. The lowest BCUT2D eigenvalue weighted by Crippen LogP contribution is -2.71. The maximum atomic E-state index is 12.8. The van der Waals surface area contributed by atoms with Gasteiger partial charge in [0.05, 0.1) is 6.61 Å². The number of carboxylic acid groups (broad SMARTS) is 2. The summed E-state index contributed by atoms with van der Waals surface area (Å²) in [6.45, 7) is -0.145. The maximum Gasteiger partial charge on any atom is 0.352 e. The standard InChI is InChI=1S/C21H21N5O8S2/c22-14(10-3-1-9(6-27)2-4-10)17(30)23-15-18(31)26-16(20(32)33)11(7-35-19(15)26)8-36-21-25-24-12(34-21)5-13(28)29/h1-4,14-15,19,27H,5-8,22H2,(H,23,30)(H,28,29)(H,32,33)/t14?,15?,19-/m0/s1. The number of β-lactam (4-membered cyclic amide) rings is 1. The van der Waals surface area contributed by atoms with Gasteiger partial charge < -0.3 is 30.8 Å². The summed E-state index contributed by atoms with van der Waals surface area (Å²) in [5.41, 5.74) is 7.47. The van der Waals surface area contributed by atoms with Crippen molar-refractivity contribution in [2.45, 2.75) is 35.7 Å². The van der Waals surface area contributed by atoms with Crippen LogP contribution in [0.3, 0.4) is 0 Å². The molecule has 2 unspecified atom stereocenters. The molecule has 0 saturated carbocycles. The molecule has 2 aliphatic heterocycles. The SMILES string of the molecule is NC(C(=O)NC1C(=O)N2C(C(=O)O)=C(CSc3nnc(CC(=O)O)o3)CS[C@@H]12)c1ccc(CO)cc1. The van der Waals surface area contributed by atoms with E-state index in [0.717, 1.165) is 16.7 Å². The van der Waals surface area contributed by atoms with Crippen LogP contribution in [0.1, 0.15) is 23.1 Å². The zero-order valence-corrected chi connectivity index (χ0v) is 20.1. The van der Waals surface area contributed by atoms with Crippen molar-refractivity contribution in [1.82, 2.24) is 20.4 Å². The Morgan fingerprint density at radius 1 is 1.25 bits per heavy atom. The molecule has 3 heterocycles. The van der Waals surface area contributed by atoms with Crippen molar-refractivity contribution in [3.05, 3.63) is 52.6 Å². The molecule has 1 fully saturated rings. The van der Waals surface area contributed by atoms with Crippen molar-refractivity contribution in [1.29, 1.82) is 0 Å². The number of rotatable bonds is 10. The minimum Gasteiger partial charge on any atom is -0.481 e. The Morgan fingerprint density at radius 2 is 1.97 bits per heavy atom. The number of carbonyl (C=O) groups is 4. The number of aliphatic hydroxyl groups excluding tert-OH is 1. The normalized spacial score (nSPS) is 19.9. The van der Waals surface area contributed by atoms with E-state index < -0.39 is 47.6 Å². The number of benzene rings is 1. The zero-order chi connectivity index (χ0) is 26.0. The largest absolute Gasteiger partial charge is 0.481 e. The highest BCUT2D eigenvalue weighted by Gasteiger charge is 2.54. The van der Waals surface area contributed by atoms with Crippen LogP contribution >= 0.6 is 23.5 Å². The van der Waals surface area contributed by atoms with Gasteiger partial charge in [0.2, 0.25) is 11.8 Å². The van der Waals surface area contributed by atoms with E-state index >= 15 is 0 Å². The van der Waals surface area contributed by atoms with E-state index in [-0.39, 0.29) is 34.9 Å². The lowest BCUT2D eigenvalue weighted by Gasteiger charge is -2.49. The molecule has 4 rings (SSSR count). The van der Waals surface area contributed by atoms with E-state index in [1.54, 1.807) is 24.3 Å². The van der Waals surface area contributed by atoms with Crippen LogP contribution in [0.15, 0.2) is 45.2 Å². The van der Waals surface area contributed by atoms with Crippen molar-refractivity contribution in [3.63, 3.8) is 0 Å². The fourth-order valence-corrected chi connectivity index (χ4v) is 5.93. The van der Waals surface area contributed by atoms with E-state index in [4.69, 9.17) is 20.4 Å². The van der Waals surface area contributed by atoms with Crippen LogP contribution in [-0.2, 0) is 32.2 Å². The van der Waals surface area contributed by atoms with Crippen molar-refractivity contribution in [2.75, 3.05) is 11.5 Å². The van der Waals surface area contributed by atoms with Crippen LogP contribution in [0.2, 0.25) is 0 Å². The number of nitrogens with two attached hydrogens (primary N) is 1. The molecule has 1 aromatic heterocycles. The number of fused-ring (bicyclic) bond motifs is 1. The quantitative estimate of drug-likeness (QED) is 0.196. The second-order valence-corrected chi connectivity index (χ2v) is 9.88. The van der Waals surface area contributed by atoms with E-state index in [2.05, 4.69) is 15.5 Å². The summed E-state index contributed by atoms with van der Waals surface area (Å²) >= 11 is 2.33. The van der Waals surface area contributed by atoms with Crippen LogP contribution in [0, 0.1) is 0 Å².